The van der Waals surface area contributed by atoms with Gasteiger partial charge in [0.2, 0.25) is 0 Å². The van der Waals surface area contributed by atoms with E-state index in [9.17, 15) is 0 Å². The number of piperidine rings is 1. The summed E-state index contributed by atoms with van der Waals surface area (Å²) in [6.45, 7) is 8.17. The Kier molecular flexibility index (Phi) is 4.75. The van der Waals surface area contributed by atoms with Gasteiger partial charge in [0.15, 0.2) is 0 Å². The maximum absolute atomic E-state index is 4.07. The van der Waals surface area contributed by atoms with Crippen LogP contribution in [0.15, 0.2) is 11.7 Å². The van der Waals surface area contributed by atoms with Crippen LogP contribution < -0.4 is 5.32 Å². The molecule has 1 aliphatic heterocycles. The topological polar surface area (TPSA) is 28.2 Å². The summed E-state index contributed by atoms with van der Waals surface area (Å²) in [5, 5.41) is 3.48. The Labute approximate surface area is 102 Å². The fourth-order valence-electron chi connectivity index (χ4n) is 2.06. The molecule has 0 atom stereocenters. The first-order chi connectivity index (χ1) is 7.84. The van der Waals surface area contributed by atoms with Gasteiger partial charge in [0.05, 0.1) is 5.51 Å². The number of hydrogen-bond acceptors (Lipinski definition) is 4. The maximum atomic E-state index is 4.07. The van der Waals surface area contributed by atoms with E-state index in [0.29, 0.717) is 0 Å². The minimum Gasteiger partial charge on any atom is -0.311 e. The number of rotatable bonds is 5. The molecule has 1 aromatic rings. The van der Waals surface area contributed by atoms with E-state index in [1.165, 1.54) is 37.4 Å². The van der Waals surface area contributed by atoms with Gasteiger partial charge in [-0.3, -0.25) is 4.98 Å². The molecule has 1 fully saturated rings. The number of aromatic nitrogens is 1. The van der Waals surface area contributed by atoms with Gasteiger partial charge < -0.3 is 10.2 Å². The smallest absolute Gasteiger partial charge is 0.0794 e. The second-order valence-corrected chi connectivity index (χ2v) is 5.64. The summed E-state index contributed by atoms with van der Waals surface area (Å²) in [5.41, 5.74) is 1.89. The first kappa shape index (κ1) is 12.0. The Morgan fingerprint density at radius 3 is 3.00 bits per heavy atom. The molecule has 1 N–H and O–H groups in total. The van der Waals surface area contributed by atoms with Crippen molar-refractivity contribution < 1.29 is 0 Å². The molecule has 0 bridgehead atoms. The van der Waals surface area contributed by atoms with Gasteiger partial charge in [0, 0.05) is 30.7 Å². The second kappa shape index (κ2) is 6.33. The quantitative estimate of drug-likeness (QED) is 0.796. The Hall–Kier alpha value is -0.450. The van der Waals surface area contributed by atoms with Crippen molar-refractivity contribution in [3.63, 3.8) is 0 Å². The Morgan fingerprint density at radius 2 is 2.31 bits per heavy atom. The van der Waals surface area contributed by atoms with Crippen LogP contribution in [0.5, 0.6) is 0 Å². The molecule has 2 rings (SSSR count). The zero-order valence-electron chi connectivity index (χ0n) is 9.98. The van der Waals surface area contributed by atoms with Crippen molar-refractivity contribution in [3.05, 3.63) is 16.6 Å². The van der Waals surface area contributed by atoms with E-state index in [1.807, 2.05) is 11.7 Å². The predicted octanol–water partition coefficient (Wildman–Crippen LogP) is 1.96. The van der Waals surface area contributed by atoms with Gasteiger partial charge in [0.25, 0.3) is 0 Å². The number of likely N-dealkylation sites (tertiary alicyclic amines) is 1. The summed E-state index contributed by atoms with van der Waals surface area (Å²) in [7, 11) is 0. The molecule has 16 heavy (non-hydrogen) atoms. The lowest BCUT2D eigenvalue weighted by Crippen LogP contribution is -2.37. The maximum Gasteiger partial charge on any atom is 0.0794 e. The van der Waals surface area contributed by atoms with Crippen molar-refractivity contribution in [1.82, 2.24) is 15.2 Å². The lowest BCUT2D eigenvalue weighted by molar-refractivity contribution is 0.193. The first-order valence-electron chi connectivity index (χ1n) is 6.15. The lowest BCUT2D eigenvalue weighted by atomic mass is 9.99. The molecule has 1 saturated heterocycles. The molecule has 4 heteroatoms. The van der Waals surface area contributed by atoms with E-state index in [0.717, 1.165) is 19.0 Å². The van der Waals surface area contributed by atoms with Crippen LogP contribution in [-0.2, 0) is 6.54 Å². The largest absolute Gasteiger partial charge is 0.311 e. The number of thiazole rings is 1. The summed E-state index contributed by atoms with van der Waals surface area (Å²) in [6, 6.07) is 0. The van der Waals surface area contributed by atoms with Crippen LogP contribution in [0.25, 0.3) is 0 Å². The van der Waals surface area contributed by atoms with Crippen molar-refractivity contribution in [1.29, 1.82) is 0 Å². The van der Waals surface area contributed by atoms with Crippen molar-refractivity contribution >= 4 is 11.3 Å². The minimum atomic E-state index is 0.932. The van der Waals surface area contributed by atoms with E-state index in [4.69, 9.17) is 0 Å². The average Bonchev–Trinajstić information content (AvgIpc) is 2.80. The van der Waals surface area contributed by atoms with E-state index in [2.05, 4.69) is 22.1 Å². The van der Waals surface area contributed by atoms with E-state index in [1.54, 1.807) is 11.3 Å². The van der Waals surface area contributed by atoms with E-state index >= 15 is 0 Å². The third kappa shape index (κ3) is 3.85. The predicted molar refractivity (Wildman–Crippen MR) is 68.7 cm³/mol. The van der Waals surface area contributed by atoms with Gasteiger partial charge in [-0.05, 0) is 31.8 Å². The fourth-order valence-corrected chi connectivity index (χ4v) is 2.63. The third-order valence-corrected chi connectivity index (χ3v) is 4.04. The summed E-state index contributed by atoms with van der Waals surface area (Å²) < 4.78 is 0. The second-order valence-electron chi connectivity index (χ2n) is 4.67. The van der Waals surface area contributed by atoms with Crippen LogP contribution in [0.4, 0.5) is 0 Å². The molecule has 0 amide bonds. The SMILES string of the molecule is CC1CCN(CCNCc2cncs2)CC1. The van der Waals surface area contributed by atoms with Crippen LogP contribution in [0.1, 0.15) is 24.6 Å². The van der Waals surface area contributed by atoms with Crippen LogP contribution in [0.2, 0.25) is 0 Å². The highest BCUT2D eigenvalue weighted by molar-refractivity contribution is 7.09. The van der Waals surface area contributed by atoms with Gasteiger partial charge in [-0.25, -0.2) is 0 Å². The number of nitrogens with zero attached hydrogens (tertiary/aromatic N) is 2. The molecule has 2 heterocycles. The molecule has 1 aliphatic rings. The van der Waals surface area contributed by atoms with Crippen LogP contribution in [-0.4, -0.2) is 36.1 Å². The van der Waals surface area contributed by atoms with Gasteiger partial charge >= 0.3 is 0 Å². The monoisotopic (exact) mass is 239 g/mol. The molecule has 0 aliphatic carbocycles. The molecule has 0 unspecified atom stereocenters. The average molecular weight is 239 g/mol. The lowest BCUT2D eigenvalue weighted by Gasteiger charge is -2.30. The first-order valence-corrected chi connectivity index (χ1v) is 7.03. The highest BCUT2D eigenvalue weighted by Crippen LogP contribution is 2.15. The summed E-state index contributed by atoms with van der Waals surface area (Å²) in [5.74, 6) is 0.932. The van der Waals surface area contributed by atoms with Crippen LogP contribution >= 0.6 is 11.3 Å². The van der Waals surface area contributed by atoms with Crippen molar-refractivity contribution in [2.75, 3.05) is 26.2 Å². The molecule has 90 valence electrons. The molecule has 0 aromatic carbocycles. The van der Waals surface area contributed by atoms with Crippen molar-refractivity contribution in [2.45, 2.75) is 26.3 Å². The van der Waals surface area contributed by atoms with Crippen molar-refractivity contribution in [3.8, 4) is 0 Å². The van der Waals surface area contributed by atoms with E-state index in [-0.39, 0.29) is 0 Å². The molecular formula is C12H21N3S. The number of nitrogens with one attached hydrogen (secondary N) is 1. The normalized spacial score (nSPS) is 19.1. The van der Waals surface area contributed by atoms with Gasteiger partial charge in [-0.15, -0.1) is 11.3 Å². The summed E-state index contributed by atoms with van der Waals surface area (Å²) in [4.78, 5) is 7.96. The number of hydrogen-bond donors (Lipinski definition) is 1. The molecule has 1 aromatic heterocycles. The third-order valence-electron chi connectivity index (χ3n) is 3.26. The van der Waals surface area contributed by atoms with Gasteiger partial charge in [-0.1, -0.05) is 6.92 Å². The van der Waals surface area contributed by atoms with Crippen LogP contribution in [0, 0.1) is 5.92 Å². The molecule has 0 radical (unpaired) electrons. The molecular weight excluding hydrogens is 218 g/mol. The Balaban J connectivity index is 1.55. The Bertz CT molecular complexity index is 278. The zero-order valence-corrected chi connectivity index (χ0v) is 10.8. The van der Waals surface area contributed by atoms with Crippen LogP contribution in [0.3, 0.4) is 0 Å². The molecule has 0 spiro atoms. The zero-order chi connectivity index (χ0) is 11.2. The summed E-state index contributed by atoms with van der Waals surface area (Å²) >= 11 is 1.72. The highest BCUT2D eigenvalue weighted by Gasteiger charge is 2.14. The van der Waals surface area contributed by atoms with Crippen molar-refractivity contribution in [2.24, 2.45) is 5.92 Å². The molecule has 0 saturated carbocycles. The van der Waals surface area contributed by atoms with Gasteiger partial charge in [0.1, 0.15) is 0 Å². The summed E-state index contributed by atoms with van der Waals surface area (Å²) in [6.07, 6.45) is 4.68. The Morgan fingerprint density at radius 1 is 1.50 bits per heavy atom. The fraction of sp³-hybridized carbons (Fsp3) is 0.750. The standard InChI is InChI=1S/C12H21N3S/c1-11-2-5-15(6-3-11)7-4-13-8-12-9-14-10-16-12/h9-11,13H,2-8H2,1H3. The highest BCUT2D eigenvalue weighted by atomic mass is 32.1. The molecule has 3 nitrogen and oxygen atoms in total. The van der Waals surface area contributed by atoms with Gasteiger partial charge in [-0.2, -0.15) is 0 Å². The van der Waals surface area contributed by atoms with E-state index < -0.39 is 0 Å². The minimum absolute atomic E-state index is 0.932.